The Labute approximate surface area is 120 Å². The van der Waals surface area contributed by atoms with Gasteiger partial charge >= 0.3 is 0 Å². The first-order chi connectivity index (χ1) is 8.54. The van der Waals surface area contributed by atoms with Crippen molar-refractivity contribution in [2.45, 2.75) is 25.9 Å². The van der Waals surface area contributed by atoms with Crippen LogP contribution in [0.3, 0.4) is 0 Å². The fourth-order valence-electron chi connectivity index (χ4n) is 1.72. The fraction of sp³-hybridized carbons (Fsp3) is 0.308. The zero-order valence-electron chi connectivity index (χ0n) is 9.86. The molecular weight excluding hydrogens is 289 g/mol. The molecule has 2 rings (SSSR count). The van der Waals surface area contributed by atoms with E-state index >= 15 is 0 Å². The Hall–Kier alpha value is -0.610. The van der Waals surface area contributed by atoms with Crippen LogP contribution in [0, 0.1) is 6.92 Å². The number of hydrogen-bond acceptors (Lipinski definition) is 3. The van der Waals surface area contributed by atoms with E-state index < -0.39 is 6.10 Å². The molecule has 0 aliphatic rings. The summed E-state index contributed by atoms with van der Waals surface area (Å²) >= 11 is 13.5. The SMILES string of the molecule is Cc1csc(CC(O)Cc2cc(Cl)ccc2Cl)n1. The molecule has 0 spiro atoms. The number of aliphatic hydroxyl groups excluding tert-OH is 1. The summed E-state index contributed by atoms with van der Waals surface area (Å²) in [6, 6.07) is 5.28. The molecular formula is C13H13Cl2NOS. The van der Waals surface area contributed by atoms with E-state index in [1.54, 1.807) is 29.5 Å². The van der Waals surface area contributed by atoms with Gasteiger partial charge < -0.3 is 5.11 Å². The average molecular weight is 302 g/mol. The summed E-state index contributed by atoms with van der Waals surface area (Å²) < 4.78 is 0. The molecule has 2 nitrogen and oxygen atoms in total. The molecule has 1 atom stereocenters. The van der Waals surface area contributed by atoms with Crippen LogP contribution >= 0.6 is 34.5 Å². The molecule has 1 unspecified atom stereocenters. The van der Waals surface area contributed by atoms with E-state index in [1.165, 1.54) is 0 Å². The predicted molar refractivity (Wildman–Crippen MR) is 76.7 cm³/mol. The molecule has 0 fully saturated rings. The van der Waals surface area contributed by atoms with E-state index in [2.05, 4.69) is 4.98 Å². The lowest BCUT2D eigenvalue weighted by molar-refractivity contribution is 0.175. The lowest BCUT2D eigenvalue weighted by Crippen LogP contribution is -2.14. The third-order valence-corrected chi connectivity index (χ3v) is 4.13. The van der Waals surface area contributed by atoms with Crippen LogP contribution in [0.15, 0.2) is 23.6 Å². The number of aliphatic hydroxyl groups is 1. The maximum atomic E-state index is 10.0. The second-order valence-corrected chi connectivity index (χ2v) is 5.97. The molecule has 2 aromatic rings. The first kappa shape index (κ1) is 13.8. The molecule has 0 amide bonds. The number of rotatable bonds is 4. The number of benzene rings is 1. The number of halogens is 2. The third-order valence-electron chi connectivity index (χ3n) is 2.54. The molecule has 0 aliphatic heterocycles. The highest BCUT2D eigenvalue weighted by Crippen LogP contribution is 2.23. The van der Waals surface area contributed by atoms with Crippen LogP contribution < -0.4 is 0 Å². The van der Waals surface area contributed by atoms with Gasteiger partial charge in [-0.05, 0) is 30.7 Å². The topological polar surface area (TPSA) is 33.1 Å². The zero-order chi connectivity index (χ0) is 13.1. The van der Waals surface area contributed by atoms with Gasteiger partial charge in [0.1, 0.15) is 0 Å². The van der Waals surface area contributed by atoms with Crippen molar-refractivity contribution in [3.63, 3.8) is 0 Å². The van der Waals surface area contributed by atoms with E-state index in [4.69, 9.17) is 23.2 Å². The average Bonchev–Trinajstić information content (AvgIpc) is 2.69. The molecule has 1 aromatic heterocycles. The molecule has 5 heteroatoms. The molecule has 0 radical (unpaired) electrons. The minimum Gasteiger partial charge on any atom is -0.392 e. The van der Waals surface area contributed by atoms with Crippen LogP contribution in [0.25, 0.3) is 0 Å². The van der Waals surface area contributed by atoms with E-state index in [1.807, 2.05) is 12.3 Å². The van der Waals surface area contributed by atoms with Gasteiger partial charge in [-0.3, -0.25) is 0 Å². The molecule has 96 valence electrons. The summed E-state index contributed by atoms with van der Waals surface area (Å²) in [5.41, 5.74) is 1.85. The summed E-state index contributed by atoms with van der Waals surface area (Å²) in [5.74, 6) is 0. The Morgan fingerprint density at radius 2 is 2.11 bits per heavy atom. The fourth-order valence-corrected chi connectivity index (χ4v) is 2.96. The second-order valence-electron chi connectivity index (χ2n) is 4.18. The van der Waals surface area contributed by atoms with Crippen molar-refractivity contribution in [1.82, 2.24) is 4.98 Å². The molecule has 0 aliphatic carbocycles. The Bertz CT molecular complexity index is 542. The second kappa shape index (κ2) is 6.02. The monoisotopic (exact) mass is 301 g/mol. The summed E-state index contributed by atoms with van der Waals surface area (Å²) in [5, 5.41) is 14.2. The van der Waals surface area contributed by atoms with Crippen molar-refractivity contribution in [2.24, 2.45) is 0 Å². The van der Waals surface area contributed by atoms with E-state index in [-0.39, 0.29) is 0 Å². The summed E-state index contributed by atoms with van der Waals surface area (Å²) in [7, 11) is 0. The number of nitrogens with zero attached hydrogens (tertiary/aromatic N) is 1. The summed E-state index contributed by atoms with van der Waals surface area (Å²) in [4.78, 5) is 4.33. The van der Waals surface area contributed by atoms with Crippen LogP contribution in [0.2, 0.25) is 10.0 Å². The quantitative estimate of drug-likeness (QED) is 0.929. The highest BCUT2D eigenvalue weighted by atomic mass is 35.5. The van der Waals surface area contributed by atoms with Gasteiger partial charge in [-0.25, -0.2) is 4.98 Å². The van der Waals surface area contributed by atoms with E-state index in [0.717, 1.165) is 16.3 Å². The first-order valence-electron chi connectivity index (χ1n) is 5.57. The smallest absolute Gasteiger partial charge is 0.0954 e. The number of aryl methyl sites for hydroxylation is 1. The minimum absolute atomic E-state index is 0.484. The lowest BCUT2D eigenvalue weighted by Gasteiger charge is -2.10. The van der Waals surface area contributed by atoms with Crippen molar-refractivity contribution in [3.05, 3.63) is 49.9 Å². The Morgan fingerprint density at radius 3 is 2.78 bits per heavy atom. The van der Waals surface area contributed by atoms with Crippen molar-refractivity contribution in [1.29, 1.82) is 0 Å². The highest BCUT2D eigenvalue weighted by Gasteiger charge is 2.12. The van der Waals surface area contributed by atoms with Crippen LogP contribution in [0.1, 0.15) is 16.3 Å². The van der Waals surface area contributed by atoms with Crippen LogP contribution in [-0.4, -0.2) is 16.2 Å². The third kappa shape index (κ3) is 3.69. The van der Waals surface area contributed by atoms with Crippen molar-refractivity contribution in [3.8, 4) is 0 Å². The van der Waals surface area contributed by atoms with E-state index in [0.29, 0.717) is 22.9 Å². The van der Waals surface area contributed by atoms with Crippen molar-refractivity contribution < 1.29 is 5.11 Å². The van der Waals surface area contributed by atoms with Crippen LogP contribution in [-0.2, 0) is 12.8 Å². The standard InChI is InChI=1S/C13H13Cl2NOS/c1-8-7-18-13(16-8)6-11(17)5-9-4-10(14)2-3-12(9)15/h2-4,7,11,17H,5-6H2,1H3. The molecule has 1 aromatic carbocycles. The van der Waals surface area contributed by atoms with Gasteiger partial charge in [0.15, 0.2) is 0 Å². The van der Waals surface area contributed by atoms with Crippen molar-refractivity contribution in [2.75, 3.05) is 0 Å². The highest BCUT2D eigenvalue weighted by molar-refractivity contribution is 7.09. The van der Waals surface area contributed by atoms with Gasteiger partial charge in [-0.2, -0.15) is 0 Å². The van der Waals surface area contributed by atoms with Gasteiger partial charge in [0.2, 0.25) is 0 Å². The minimum atomic E-state index is -0.494. The van der Waals surface area contributed by atoms with Gasteiger partial charge in [0, 0.05) is 34.0 Å². The van der Waals surface area contributed by atoms with Crippen LogP contribution in [0.4, 0.5) is 0 Å². The lowest BCUT2D eigenvalue weighted by atomic mass is 10.1. The van der Waals surface area contributed by atoms with Crippen molar-refractivity contribution >= 4 is 34.5 Å². The molecule has 1 N–H and O–H groups in total. The molecule has 0 saturated heterocycles. The van der Waals surface area contributed by atoms with Crippen LogP contribution in [0.5, 0.6) is 0 Å². The largest absolute Gasteiger partial charge is 0.392 e. The van der Waals surface area contributed by atoms with Gasteiger partial charge in [0.25, 0.3) is 0 Å². The van der Waals surface area contributed by atoms with Gasteiger partial charge in [0.05, 0.1) is 11.1 Å². The first-order valence-corrected chi connectivity index (χ1v) is 7.21. The summed E-state index contributed by atoms with van der Waals surface area (Å²) in [6.45, 7) is 1.94. The maximum Gasteiger partial charge on any atom is 0.0954 e. The number of hydrogen-bond donors (Lipinski definition) is 1. The molecule has 0 bridgehead atoms. The number of aromatic nitrogens is 1. The molecule has 1 heterocycles. The van der Waals surface area contributed by atoms with Gasteiger partial charge in [-0.15, -0.1) is 11.3 Å². The Morgan fingerprint density at radius 1 is 1.33 bits per heavy atom. The number of thiazole rings is 1. The Balaban J connectivity index is 2.02. The summed E-state index contributed by atoms with van der Waals surface area (Å²) in [6.07, 6.45) is 0.533. The molecule has 0 saturated carbocycles. The zero-order valence-corrected chi connectivity index (χ0v) is 12.2. The Kier molecular flexibility index (Phi) is 4.62. The normalized spacial score (nSPS) is 12.7. The van der Waals surface area contributed by atoms with E-state index in [9.17, 15) is 5.11 Å². The maximum absolute atomic E-state index is 10.0. The van der Waals surface area contributed by atoms with Gasteiger partial charge in [-0.1, -0.05) is 23.2 Å². The predicted octanol–water partition coefficient (Wildman–Crippen LogP) is 3.90. The molecule has 18 heavy (non-hydrogen) atoms.